The summed E-state index contributed by atoms with van der Waals surface area (Å²) in [6.07, 6.45) is 5.72. The maximum absolute atomic E-state index is 13.9. The molecule has 11 nitrogen and oxygen atoms in total. The van der Waals surface area contributed by atoms with Crippen LogP contribution in [0.4, 0.5) is 17.2 Å². The van der Waals surface area contributed by atoms with Crippen LogP contribution in [0.5, 0.6) is 11.5 Å². The van der Waals surface area contributed by atoms with E-state index in [9.17, 15) is 14.4 Å². The van der Waals surface area contributed by atoms with Crippen LogP contribution in [-0.2, 0) is 16.9 Å². The molecule has 3 heterocycles. The molecule has 0 unspecified atom stereocenters. The number of aromatic nitrogens is 2. The number of nitrogens with zero attached hydrogens (tertiary/aromatic N) is 2. The number of hydrogen-bond donors (Lipinski definition) is 3. The number of fused-ring (bicyclic) bond motifs is 2. The molecule has 1 aliphatic carbocycles. The number of carbonyl (C=O) groups is 2. The van der Waals surface area contributed by atoms with Crippen LogP contribution in [-0.4, -0.2) is 42.3 Å². The van der Waals surface area contributed by atoms with Gasteiger partial charge in [0.1, 0.15) is 39.9 Å². The second kappa shape index (κ2) is 11.5. The van der Waals surface area contributed by atoms with Gasteiger partial charge in [-0.1, -0.05) is 6.42 Å². The maximum atomic E-state index is 13.9. The maximum Gasteiger partial charge on any atom is 0.341 e. The smallest absolute Gasteiger partial charge is 0.341 e. The summed E-state index contributed by atoms with van der Waals surface area (Å²) in [6, 6.07) is 8.84. The number of anilines is 3. The van der Waals surface area contributed by atoms with E-state index in [2.05, 4.69) is 20.9 Å². The number of ether oxygens (including phenoxy) is 3. The van der Waals surface area contributed by atoms with Crippen LogP contribution in [0, 0.1) is 6.92 Å². The Labute approximate surface area is 238 Å². The Morgan fingerprint density at radius 1 is 1.07 bits per heavy atom. The first-order valence-corrected chi connectivity index (χ1v) is 13.8. The minimum absolute atomic E-state index is 0.184. The van der Waals surface area contributed by atoms with Gasteiger partial charge >= 0.3 is 5.97 Å². The number of nitrogens with one attached hydrogen (secondary N) is 3. The second-order valence-electron chi connectivity index (χ2n) is 10.3. The molecular weight excluding hydrogens is 526 g/mol. The molecule has 5 rings (SSSR count). The van der Waals surface area contributed by atoms with Crippen LogP contribution >= 0.6 is 0 Å². The monoisotopic (exact) mass is 561 g/mol. The van der Waals surface area contributed by atoms with Crippen LogP contribution < -0.4 is 31.0 Å². The van der Waals surface area contributed by atoms with Gasteiger partial charge in [-0.25, -0.2) is 9.78 Å². The van der Waals surface area contributed by atoms with Crippen molar-refractivity contribution in [2.24, 2.45) is 0 Å². The lowest BCUT2D eigenvalue weighted by atomic mass is 9.89. The predicted molar refractivity (Wildman–Crippen MR) is 154 cm³/mol. The lowest BCUT2D eigenvalue weighted by Gasteiger charge is -2.35. The molecule has 0 bridgehead atoms. The summed E-state index contributed by atoms with van der Waals surface area (Å²) in [4.78, 5) is 44.1. The third-order valence-electron chi connectivity index (χ3n) is 7.68. The van der Waals surface area contributed by atoms with Crippen molar-refractivity contribution in [1.82, 2.24) is 14.9 Å². The Balaban J connectivity index is 1.50. The van der Waals surface area contributed by atoms with Crippen molar-refractivity contribution in [2.75, 3.05) is 31.5 Å². The van der Waals surface area contributed by atoms with Crippen molar-refractivity contribution in [3.8, 4) is 11.5 Å². The van der Waals surface area contributed by atoms with Crippen molar-refractivity contribution in [1.29, 1.82) is 0 Å². The zero-order chi connectivity index (χ0) is 29.1. The molecular formula is C30H35N5O6. The molecule has 1 saturated carbocycles. The quantitative estimate of drug-likeness (QED) is 0.324. The van der Waals surface area contributed by atoms with E-state index < -0.39 is 11.6 Å². The Hall–Kier alpha value is -4.54. The van der Waals surface area contributed by atoms with E-state index in [1.807, 2.05) is 19.1 Å². The van der Waals surface area contributed by atoms with E-state index >= 15 is 0 Å². The Morgan fingerprint density at radius 2 is 1.85 bits per heavy atom. The number of amides is 1. The fraction of sp³-hybridized carbons (Fsp3) is 0.400. The molecule has 3 N–H and O–H groups in total. The first kappa shape index (κ1) is 28.0. The summed E-state index contributed by atoms with van der Waals surface area (Å²) in [5.41, 5.74) is 1.68. The molecule has 1 amide bonds. The lowest BCUT2D eigenvalue weighted by molar-refractivity contribution is 0.0527. The summed E-state index contributed by atoms with van der Waals surface area (Å²) >= 11 is 0. The SMILES string of the molecule is CCOC(=O)c1cnc(NCc2ccc(OC)cc2OC)cc1Nc1cc(C)c2n(c1=O)C1(CCCCC1)NC2=O. The molecule has 1 aliphatic heterocycles. The first-order chi connectivity index (χ1) is 19.8. The highest BCUT2D eigenvalue weighted by Gasteiger charge is 2.45. The average molecular weight is 562 g/mol. The molecule has 1 fully saturated rings. The van der Waals surface area contributed by atoms with Crippen molar-refractivity contribution in [2.45, 2.75) is 58.2 Å². The van der Waals surface area contributed by atoms with Gasteiger partial charge in [0, 0.05) is 30.4 Å². The molecule has 0 atom stereocenters. The fourth-order valence-electron chi connectivity index (χ4n) is 5.69. The van der Waals surface area contributed by atoms with E-state index in [0.717, 1.165) is 24.8 Å². The van der Waals surface area contributed by atoms with Crippen molar-refractivity contribution < 1.29 is 23.8 Å². The number of rotatable bonds is 9. The molecule has 216 valence electrons. The largest absolute Gasteiger partial charge is 0.497 e. The van der Waals surface area contributed by atoms with Crippen LogP contribution in [0.25, 0.3) is 0 Å². The minimum Gasteiger partial charge on any atom is -0.497 e. The van der Waals surface area contributed by atoms with Gasteiger partial charge in [0.2, 0.25) is 0 Å². The predicted octanol–water partition coefficient (Wildman–Crippen LogP) is 4.46. The van der Waals surface area contributed by atoms with E-state index in [0.29, 0.717) is 53.6 Å². The zero-order valence-electron chi connectivity index (χ0n) is 23.8. The van der Waals surface area contributed by atoms with Crippen LogP contribution in [0.1, 0.15) is 71.0 Å². The number of pyridine rings is 2. The number of methoxy groups -OCH3 is 2. The van der Waals surface area contributed by atoms with E-state index in [4.69, 9.17) is 14.2 Å². The highest BCUT2D eigenvalue weighted by atomic mass is 16.5. The number of carbonyl (C=O) groups excluding carboxylic acids is 2. The molecule has 2 aromatic heterocycles. The van der Waals surface area contributed by atoms with Gasteiger partial charge in [-0.2, -0.15) is 0 Å². The second-order valence-corrected chi connectivity index (χ2v) is 10.3. The molecule has 1 spiro atoms. The Morgan fingerprint density at radius 3 is 2.56 bits per heavy atom. The molecule has 2 aliphatic rings. The molecule has 0 saturated heterocycles. The van der Waals surface area contributed by atoms with Gasteiger partial charge in [0.25, 0.3) is 11.5 Å². The van der Waals surface area contributed by atoms with Crippen molar-refractivity contribution in [3.05, 3.63) is 69.3 Å². The summed E-state index contributed by atoms with van der Waals surface area (Å²) in [5, 5.41) is 9.52. The minimum atomic E-state index is -0.726. The van der Waals surface area contributed by atoms with E-state index in [1.54, 1.807) is 43.9 Å². The van der Waals surface area contributed by atoms with Gasteiger partial charge in [0.05, 0.1) is 26.5 Å². The van der Waals surface area contributed by atoms with Crippen LogP contribution in [0.15, 0.2) is 41.3 Å². The number of hydrogen-bond acceptors (Lipinski definition) is 9. The van der Waals surface area contributed by atoms with E-state index in [1.165, 1.54) is 6.20 Å². The van der Waals surface area contributed by atoms with Gasteiger partial charge < -0.3 is 30.2 Å². The van der Waals surface area contributed by atoms with Gasteiger partial charge in [0.15, 0.2) is 0 Å². The standard InChI is InChI=1S/C30H35N5O6/c1-5-41-29(38)21-17-32-25(31-16-19-9-10-20(39-3)14-24(19)40-4)15-22(21)33-23-13-18(2)26-27(36)34-30(35(26)28(23)37)11-7-6-8-12-30/h9-10,13-15,17H,5-8,11-12,16H2,1-4H3,(H,34,36)(H2,31,32,33). The summed E-state index contributed by atoms with van der Waals surface area (Å²) < 4.78 is 17.6. The normalized spacial score (nSPS) is 15.2. The molecule has 11 heteroatoms. The van der Waals surface area contributed by atoms with Crippen molar-refractivity contribution in [3.63, 3.8) is 0 Å². The first-order valence-electron chi connectivity index (χ1n) is 13.8. The number of benzene rings is 1. The lowest BCUT2D eigenvalue weighted by Crippen LogP contribution is -2.48. The van der Waals surface area contributed by atoms with E-state index in [-0.39, 0.29) is 29.3 Å². The number of esters is 1. The van der Waals surface area contributed by atoms with Crippen LogP contribution in [0.3, 0.4) is 0 Å². The zero-order valence-corrected chi connectivity index (χ0v) is 23.8. The van der Waals surface area contributed by atoms with Crippen molar-refractivity contribution >= 4 is 29.1 Å². The summed E-state index contributed by atoms with van der Waals surface area (Å²) in [5.74, 6) is 1.00. The third-order valence-corrected chi connectivity index (χ3v) is 7.68. The Bertz CT molecular complexity index is 1540. The highest BCUT2D eigenvalue weighted by Crippen LogP contribution is 2.38. The average Bonchev–Trinajstić information content (AvgIpc) is 3.26. The highest BCUT2D eigenvalue weighted by molar-refractivity contribution is 5.98. The third kappa shape index (κ3) is 5.31. The summed E-state index contributed by atoms with van der Waals surface area (Å²) in [7, 11) is 3.18. The molecule has 3 aromatic rings. The topological polar surface area (TPSA) is 133 Å². The molecule has 0 radical (unpaired) electrons. The van der Waals surface area contributed by atoms with Gasteiger partial charge in [-0.15, -0.1) is 0 Å². The van der Waals surface area contributed by atoms with Gasteiger partial charge in [-0.05, 0) is 63.3 Å². The fourth-order valence-corrected chi connectivity index (χ4v) is 5.69. The number of aryl methyl sites for hydroxylation is 1. The molecule has 41 heavy (non-hydrogen) atoms. The Kier molecular flexibility index (Phi) is 7.87. The summed E-state index contributed by atoms with van der Waals surface area (Å²) in [6.45, 7) is 4.11. The van der Waals surface area contributed by atoms with Gasteiger partial charge in [-0.3, -0.25) is 14.2 Å². The molecule has 1 aromatic carbocycles. The van der Waals surface area contributed by atoms with Crippen LogP contribution in [0.2, 0.25) is 0 Å².